The average molecular weight is 483 g/mol. The standard InChI is InChI=1S/C27H21N3O6/c31-25(19-10-4-1-5-11-19)34-16-22-28-23(17-35-26(32)20-12-6-2-7-13-20)30-24(29-22)18-36-27(33)21-14-8-3-9-15-21/h1-15H,16-18H2. The van der Waals surface area contributed by atoms with Gasteiger partial charge in [0.15, 0.2) is 37.3 Å². The van der Waals surface area contributed by atoms with Crippen molar-refractivity contribution in [2.75, 3.05) is 0 Å². The zero-order chi connectivity index (χ0) is 25.2. The Morgan fingerprint density at radius 2 is 0.694 bits per heavy atom. The molecule has 36 heavy (non-hydrogen) atoms. The zero-order valence-electron chi connectivity index (χ0n) is 19.1. The number of benzene rings is 3. The molecule has 180 valence electrons. The van der Waals surface area contributed by atoms with Gasteiger partial charge in [0, 0.05) is 0 Å². The van der Waals surface area contributed by atoms with E-state index in [9.17, 15) is 14.4 Å². The summed E-state index contributed by atoms with van der Waals surface area (Å²) in [4.78, 5) is 49.6. The fraction of sp³-hybridized carbons (Fsp3) is 0.111. The predicted octanol–water partition coefficient (Wildman–Crippen LogP) is 3.94. The molecule has 0 amide bonds. The van der Waals surface area contributed by atoms with Crippen molar-refractivity contribution in [3.8, 4) is 0 Å². The van der Waals surface area contributed by atoms with Gasteiger partial charge in [0.2, 0.25) is 0 Å². The second kappa shape index (κ2) is 12.0. The summed E-state index contributed by atoms with van der Waals surface area (Å²) in [6.45, 7) is -0.763. The second-order valence-electron chi connectivity index (χ2n) is 7.41. The molecule has 0 fully saturated rings. The lowest BCUT2D eigenvalue weighted by molar-refractivity contribution is 0.0445. The van der Waals surface area contributed by atoms with Gasteiger partial charge < -0.3 is 14.2 Å². The Hall–Kier alpha value is -4.92. The van der Waals surface area contributed by atoms with Crippen LogP contribution in [-0.2, 0) is 34.0 Å². The van der Waals surface area contributed by atoms with E-state index in [1.165, 1.54) is 0 Å². The summed E-state index contributed by atoms with van der Waals surface area (Å²) in [5, 5.41) is 0. The third-order valence-electron chi connectivity index (χ3n) is 4.80. The Labute approximate surface area is 206 Å². The maximum atomic E-state index is 12.3. The Bertz CT molecular complexity index is 1150. The average Bonchev–Trinajstić information content (AvgIpc) is 2.94. The van der Waals surface area contributed by atoms with Gasteiger partial charge in [0.1, 0.15) is 0 Å². The largest absolute Gasteiger partial charge is 0.454 e. The highest BCUT2D eigenvalue weighted by Crippen LogP contribution is 2.09. The van der Waals surface area contributed by atoms with E-state index in [1.54, 1.807) is 91.0 Å². The van der Waals surface area contributed by atoms with E-state index in [-0.39, 0.29) is 37.3 Å². The van der Waals surface area contributed by atoms with Crippen molar-refractivity contribution >= 4 is 17.9 Å². The SMILES string of the molecule is O=C(OCc1nc(COC(=O)c2ccccc2)nc(COC(=O)c2ccccc2)n1)c1ccccc1. The van der Waals surface area contributed by atoms with E-state index in [0.717, 1.165) is 0 Å². The molecule has 0 aliphatic carbocycles. The molecule has 0 bridgehead atoms. The van der Waals surface area contributed by atoms with Crippen molar-refractivity contribution in [3.63, 3.8) is 0 Å². The van der Waals surface area contributed by atoms with Crippen LogP contribution in [0.2, 0.25) is 0 Å². The normalized spacial score (nSPS) is 10.3. The lowest BCUT2D eigenvalue weighted by Crippen LogP contribution is -2.15. The first-order chi connectivity index (χ1) is 17.6. The van der Waals surface area contributed by atoms with Crippen LogP contribution < -0.4 is 0 Å². The third-order valence-corrected chi connectivity index (χ3v) is 4.80. The number of carbonyl (C=O) groups excluding carboxylic acids is 3. The summed E-state index contributed by atoms with van der Waals surface area (Å²) >= 11 is 0. The van der Waals surface area contributed by atoms with E-state index in [1.807, 2.05) is 0 Å². The monoisotopic (exact) mass is 483 g/mol. The third kappa shape index (κ3) is 6.80. The molecular formula is C27H21N3O6. The summed E-state index contributed by atoms with van der Waals surface area (Å²) in [6, 6.07) is 25.4. The van der Waals surface area contributed by atoms with Crippen LogP contribution in [0.3, 0.4) is 0 Å². The number of nitrogens with zero attached hydrogens (tertiary/aromatic N) is 3. The number of hydrogen-bond acceptors (Lipinski definition) is 9. The van der Waals surface area contributed by atoms with Crippen LogP contribution in [0.5, 0.6) is 0 Å². The van der Waals surface area contributed by atoms with Gasteiger partial charge in [-0.3, -0.25) is 0 Å². The van der Waals surface area contributed by atoms with Gasteiger partial charge in [-0.05, 0) is 36.4 Å². The molecule has 0 saturated heterocycles. The quantitative estimate of drug-likeness (QED) is 0.258. The van der Waals surface area contributed by atoms with Gasteiger partial charge in [-0.1, -0.05) is 54.6 Å². The molecule has 0 saturated carbocycles. The highest BCUT2D eigenvalue weighted by Gasteiger charge is 2.15. The van der Waals surface area contributed by atoms with E-state index < -0.39 is 17.9 Å². The Kier molecular flexibility index (Phi) is 8.06. The molecule has 0 N–H and O–H groups in total. The highest BCUT2D eigenvalue weighted by molar-refractivity contribution is 5.90. The molecule has 0 radical (unpaired) electrons. The molecule has 3 aromatic carbocycles. The van der Waals surface area contributed by atoms with Crippen molar-refractivity contribution in [1.82, 2.24) is 15.0 Å². The maximum absolute atomic E-state index is 12.3. The van der Waals surface area contributed by atoms with E-state index >= 15 is 0 Å². The lowest BCUT2D eigenvalue weighted by Gasteiger charge is -2.10. The zero-order valence-corrected chi connectivity index (χ0v) is 19.1. The van der Waals surface area contributed by atoms with Crippen molar-refractivity contribution < 1.29 is 28.6 Å². The molecule has 0 aliphatic rings. The molecule has 0 aliphatic heterocycles. The predicted molar refractivity (Wildman–Crippen MR) is 127 cm³/mol. The van der Waals surface area contributed by atoms with Crippen LogP contribution in [-0.4, -0.2) is 32.9 Å². The van der Waals surface area contributed by atoms with Crippen LogP contribution in [0, 0.1) is 0 Å². The van der Waals surface area contributed by atoms with Gasteiger partial charge >= 0.3 is 17.9 Å². The Morgan fingerprint density at radius 3 is 0.944 bits per heavy atom. The van der Waals surface area contributed by atoms with Crippen molar-refractivity contribution in [1.29, 1.82) is 0 Å². The Balaban J connectivity index is 1.47. The van der Waals surface area contributed by atoms with Gasteiger partial charge in [0.05, 0.1) is 16.7 Å². The minimum Gasteiger partial charge on any atom is -0.454 e. The summed E-state index contributed by atoms with van der Waals surface area (Å²) in [5.41, 5.74) is 1.13. The molecule has 9 nitrogen and oxygen atoms in total. The number of ether oxygens (including phenoxy) is 3. The molecular weight excluding hydrogens is 462 g/mol. The van der Waals surface area contributed by atoms with Crippen LogP contribution in [0.25, 0.3) is 0 Å². The van der Waals surface area contributed by atoms with E-state index in [0.29, 0.717) is 16.7 Å². The van der Waals surface area contributed by atoms with Crippen molar-refractivity contribution in [3.05, 3.63) is 125 Å². The fourth-order valence-electron chi connectivity index (χ4n) is 3.08. The van der Waals surface area contributed by atoms with Crippen LogP contribution in [0.15, 0.2) is 91.0 Å². The van der Waals surface area contributed by atoms with Crippen LogP contribution >= 0.6 is 0 Å². The molecule has 0 atom stereocenters. The highest BCUT2D eigenvalue weighted by atomic mass is 16.5. The maximum Gasteiger partial charge on any atom is 0.338 e. The van der Waals surface area contributed by atoms with Gasteiger partial charge in [-0.25, -0.2) is 29.3 Å². The minimum atomic E-state index is -0.551. The minimum absolute atomic E-state index is 0.116. The molecule has 1 heterocycles. The summed E-state index contributed by atoms with van der Waals surface area (Å²) in [7, 11) is 0. The molecule has 4 aromatic rings. The smallest absolute Gasteiger partial charge is 0.338 e. The van der Waals surface area contributed by atoms with Crippen molar-refractivity contribution in [2.45, 2.75) is 19.8 Å². The lowest BCUT2D eigenvalue weighted by atomic mass is 10.2. The van der Waals surface area contributed by atoms with Gasteiger partial charge in [-0.2, -0.15) is 0 Å². The molecule has 0 spiro atoms. The first-order valence-corrected chi connectivity index (χ1v) is 11.0. The van der Waals surface area contributed by atoms with Crippen molar-refractivity contribution in [2.24, 2.45) is 0 Å². The summed E-state index contributed by atoms with van der Waals surface area (Å²) in [6.07, 6.45) is 0. The summed E-state index contributed by atoms with van der Waals surface area (Å²) < 4.78 is 15.9. The topological polar surface area (TPSA) is 118 Å². The number of carbonyl (C=O) groups is 3. The molecule has 4 rings (SSSR count). The Morgan fingerprint density at radius 1 is 0.444 bits per heavy atom. The molecule has 9 heteroatoms. The van der Waals surface area contributed by atoms with E-state index in [4.69, 9.17) is 14.2 Å². The van der Waals surface area contributed by atoms with E-state index in [2.05, 4.69) is 15.0 Å². The molecule has 1 aromatic heterocycles. The number of esters is 3. The van der Waals surface area contributed by atoms with Crippen LogP contribution in [0.4, 0.5) is 0 Å². The number of rotatable bonds is 9. The first-order valence-electron chi connectivity index (χ1n) is 11.0. The second-order valence-corrected chi connectivity index (χ2v) is 7.41. The molecule has 0 unspecified atom stereocenters. The van der Waals surface area contributed by atoms with Crippen LogP contribution in [0.1, 0.15) is 48.5 Å². The summed E-state index contributed by atoms with van der Waals surface area (Å²) in [5.74, 6) is -1.30. The first kappa shape index (κ1) is 24.2. The number of hydrogen-bond donors (Lipinski definition) is 0. The number of aromatic nitrogens is 3. The van der Waals surface area contributed by atoms with Gasteiger partial charge in [0.25, 0.3) is 0 Å². The van der Waals surface area contributed by atoms with Gasteiger partial charge in [-0.15, -0.1) is 0 Å². The fourth-order valence-corrected chi connectivity index (χ4v) is 3.08.